The lowest BCUT2D eigenvalue weighted by molar-refractivity contribution is -0.153. The Bertz CT molecular complexity index is 181. The van der Waals surface area contributed by atoms with Gasteiger partial charge in [-0.2, -0.15) is 0 Å². The lowest BCUT2D eigenvalue weighted by Gasteiger charge is -2.26. The second kappa shape index (κ2) is 3.65. The largest absolute Gasteiger partial charge is 0.469 e. The van der Waals surface area contributed by atoms with Crippen LogP contribution in [0.1, 0.15) is 26.2 Å². The van der Waals surface area contributed by atoms with Gasteiger partial charge >= 0.3 is 5.97 Å². The van der Waals surface area contributed by atoms with E-state index >= 15 is 0 Å². The van der Waals surface area contributed by atoms with Gasteiger partial charge in [-0.1, -0.05) is 6.42 Å². The zero-order valence-electron chi connectivity index (χ0n) is 7.60. The van der Waals surface area contributed by atoms with E-state index < -0.39 is 0 Å². The molecule has 3 heteroatoms. The minimum Gasteiger partial charge on any atom is -0.469 e. The molecule has 0 aromatic carbocycles. The van der Waals surface area contributed by atoms with Gasteiger partial charge in [0.1, 0.15) is 0 Å². The number of alkyl halides is 1. The lowest BCUT2D eigenvalue weighted by Crippen LogP contribution is -2.33. The topological polar surface area (TPSA) is 26.3 Å². The van der Waals surface area contributed by atoms with E-state index in [4.69, 9.17) is 16.3 Å². The van der Waals surface area contributed by atoms with Gasteiger partial charge in [-0.25, -0.2) is 0 Å². The van der Waals surface area contributed by atoms with Crippen LogP contribution in [0.2, 0.25) is 0 Å². The molecule has 12 heavy (non-hydrogen) atoms. The van der Waals surface area contributed by atoms with E-state index in [2.05, 4.69) is 0 Å². The second-order valence-electron chi connectivity index (χ2n) is 3.65. The summed E-state index contributed by atoms with van der Waals surface area (Å²) in [6.45, 7) is 1.96. The Kier molecular flexibility index (Phi) is 2.99. The van der Waals surface area contributed by atoms with E-state index in [1.165, 1.54) is 7.11 Å². The maximum absolute atomic E-state index is 11.4. The molecule has 0 heterocycles. The molecule has 2 atom stereocenters. The van der Waals surface area contributed by atoms with Crippen LogP contribution >= 0.6 is 11.6 Å². The first kappa shape index (κ1) is 9.85. The van der Waals surface area contributed by atoms with Crippen molar-refractivity contribution in [2.45, 2.75) is 26.2 Å². The number of halogens is 1. The minimum atomic E-state index is -0.323. The van der Waals surface area contributed by atoms with E-state index in [9.17, 15) is 4.79 Å². The number of carbonyl (C=O) groups excluding carboxylic acids is 1. The number of hydrogen-bond acceptors (Lipinski definition) is 2. The summed E-state index contributed by atoms with van der Waals surface area (Å²) in [5.41, 5.74) is -0.323. The number of hydrogen-bond donors (Lipinski definition) is 0. The molecule has 0 N–H and O–H groups in total. The summed E-state index contributed by atoms with van der Waals surface area (Å²) in [4.78, 5) is 11.4. The molecule has 0 aliphatic heterocycles. The summed E-state index contributed by atoms with van der Waals surface area (Å²) < 4.78 is 4.77. The first-order chi connectivity index (χ1) is 5.65. The van der Waals surface area contributed by atoms with Crippen molar-refractivity contribution in [3.05, 3.63) is 0 Å². The van der Waals surface area contributed by atoms with Crippen molar-refractivity contribution < 1.29 is 9.53 Å². The van der Waals surface area contributed by atoms with E-state index in [1.807, 2.05) is 6.92 Å². The van der Waals surface area contributed by atoms with Gasteiger partial charge in [0.05, 0.1) is 12.5 Å². The third-order valence-electron chi connectivity index (χ3n) is 2.99. The van der Waals surface area contributed by atoms with Crippen molar-refractivity contribution >= 4 is 17.6 Å². The van der Waals surface area contributed by atoms with Crippen LogP contribution < -0.4 is 0 Å². The molecule has 70 valence electrons. The third kappa shape index (κ3) is 1.45. The van der Waals surface area contributed by atoms with Gasteiger partial charge in [-0.15, -0.1) is 11.6 Å². The summed E-state index contributed by atoms with van der Waals surface area (Å²) in [7, 11) is 1.44. The Labute approximate surface area is 78.2 Å². The zero-order chi connectivity index (χ0) is 9.19. The van der Waals surface area contributed by atoms with Crippen molar-refractivity contribution in [2.75, 3.05) is 13.0 Å². The zero-order valence-corrected chi connectivity index (χ0v) is 8.36. The van der Waals surface area contributed by atoms with Gasteiger partial charge in [0, 0.05) is 5.88 Å². The molecule has 1 fully saturated rings. The van der Waals surface area contributed by atoms with Crippen molar-refractivity contribution in [1.29, 1.82) is 0 Å². The van der Waals surface area contributed by atoms with Crippen LogP contribution in [-0.2, 0) is 9.53 Å². The Morgan fingerprint density at radius 1 is 1.75 bits per heavy atom. The SMILES string of the molecule is COC(=O)[C@@]1(C)CCC[C@@H]1CCl. The van der Waals surface area contributed by atoms with Gasteiger partial charge < -0.3 is 4.74 Å². The van der Waals surface area contributed by atoms with E-state index in [0.29, 0.717) is 11.8 Å². The number of rotatable bonds is 2. The summed E-state index contributed by atoms with van der Waals surface area (Å²) >= 11 is 5.79. The Hall–Kier alpha value is -0.240. The number of carbonyl (C=O) groups is 1. The fourth-order valence-corrected chi connectivity index (χ4v) is 2.48. The van der Waals surface area contributed by atoms with Crippen LogP contribution in [0.5, 0.6) is 0 Å². The standard InChI is InChI=1S/C9H15ClO2/c1-9(8(11)12-2)5-3-4-7(9)6-10/h7H,3-6H2,1-2H3/t7-,9+/m1/s1. The highest BCUT2D eigenvalue weighted by atomic mass is 35.5. The quantitative estimate of drug-likeness (QED) is 0.493. The van der Waals surface area contributed by atoms with Crippen LogP contribution in [-0.4, -0.2) is 19.0 Å². The van der Waals surface area contributed by atoms with Gasteiger partial charge in [0.15, 0.2) is 0 Å². The van der Waals surface area contributed by atoms with Crippen molar-refractivity contribution in [1.82, 2.24) is 0 Å². The molecule has 1 rings (SSSR count). The van der Waals surface area contributed by atoms with Crippen LogP contribution in [0, 0.1) is 11.3 Å². The summed E-state index contributed by atoms with van der Waals surface area (Å²) in [5.74, 6) is 0.753. The smallest absolute Gasteiger partial charge is 0.311 e. The number of esters is 1. The molecule has 0 unspecified atom stereocenters. The molecule has 1 saturated carbocycles. The normalized spacial score (nSPS) is 35.1. The molecule has 1 aliphatic rings. The summed E-state index contributed by atoms with van der Waals surface area (Å²) in [6, 6.07) is 0. The highest BCUT2D eigenvalue weighted by molar-refractivity contribution is 6.18. The molecule has 0 aromatic heterocycles. The van der Waals surface area contributed by atoms with E-state index in [0.717, 1.165) is 19.3 Å². The number of ether oxygens (including phenoxy) is 1. The molecular formula is C9H15ClO2. The van der Waals surface area contributed by atoms with Crippen LogP contribution in [0.4, 0.5) is 0 Å². The summed E-state index contributed by atoms with van der Waals surface area (Å²) in [5, 5.41) is 0. The predicted molar refractivity (Wildman–Crippen MR) is 48.2 cm³/mol. The van der Waals surface area contributed by atoms with Gasteiger partial charge in [-0.3, -0.25) is 4.79 Å². The number of methoxy groups -OCH3 is 1. The average molecular weight is 191 g/mol. The first-order valence-corrected chi connectivity index (χ1v) is 4.83. The first-order valence-electron chi connectivity index (χ1n) is 4.29. The van der Waals surface area contributed by atoms with Gasteiger partial charge in [-0.05, 0) is 25.7 Å². The van der Waals surface area contributed by atoms with E-state index in [1.54, 1.807) is 0 Å². The summed E-state index contributed by atoms with van der Waals surface area (Å²) in [6.07, 6.45) is 3.05. The highest BCUT2D eigenvalue weighted by Gasteiger charge is 2.45. The maximum atomic E-state index is 11.4. The molecule has 2 nitrogen and oxygen atoms in total. The molecule has 0 spiro atoms. The molecular weight excluding hydrogens is 176 g/mol. The van der Waals surface area contributed by atoms with Crippen molar-refractivity contribution in [3.8, 4) is 0 Å². The minimum absolute atomic E-state index is 0.106. The Morgan fingerprint density at radius 2 is 2.42 bits per heavy atom. The molecule has 0 radical (unpaired) electrons. The predicted octanol–water partition coefficient (Wildman–Crippen LogP) is 2.20. The molecule has 1 aliphatic carbocycles. The average Bonchev–Trinajstić information content (AvgIpc) is 2.46. The Morgan fingerprint density at radius 3 is 2.92 bits per heavy atom. The van der Waals surface area contributed by atoms with Crippen LogP contribution in [0.15, 0.2) is 0 Å². The molecule has 0 amide bonds. The van der Waals surface area contributed by atoms with Gasteiger partial charge in [0.25, 0.3) is 0 Å². The molecule has 0 bridgehead atoms. The van der Waals surface area contributed by atoms with E-state index in [-0.39, 0.29) is 11.4 Å². The fraction of sp³-hybridized carbons (Fsp3) is 0.889. The van der Waals surface area contributed by atoms with Crippen molar-refractivity contribution in [3.63, 3.8) is 0 Å². The molecule has 0 aromatic rings. The lowest BCUT2D eigenvalue weighted by atomic mass is 9.81. The molecule has 0 saturated heterocycles. The third-order valence-corrected chi connectivity index (χ3v) is 3.36. The second-order valence-corrected chi connectivity index (χ2v) is 3.96. The van der Waals surface area contributed by atoms with Gasteiger partial charge in [0.2, 0.25) is 0 Å². The fourth-order valence-electron chi connectivity index (χ4n) is 1.99. The monoisotopic (exact) mass is 190 g/mol. The maximum Gasteiger partial charge on any atom is 0.311 e. The van der Waals surface area contributed by atoms with Crippen LogP contribution in [0.25, 0.3) is 0 Å². The Balaban J connectivity index is 2.74. The van der Waals surface area contributed by atoms with Crippen LogP contribution in [0.3, 0.4) is 0 Å². The van der Waals surface area contributed by atoms with Crippen molar-refractivity contribution in [2.24, 2.45) is 11.3 Å². The highest BCUT2D eigenvalue weighted by Crippen LogP contribution is 2.44.